The molecule has 0 spiro atoms. The first-order valence-corrected chi connectivity index (χ1v) is 8.99. The van der Waals surface area contributed by atoms with Gasteiger partial charge in [0, 0.05) is 37.7 Å². The molecule has 0 aliphatic carbocycles. The molecule has 2 N–H and O–H groups in total. The van der Waals surface area contributed by atoms with Crippen molar-refractivity contribution >= 4 is 5.96 Å². The molecule has 2 aromatic heterocycles. The molecule has 0 bridgehead atoms. The summed E-state index contributed by atoms with van der Waals surface area (Å²) < 4.78 is 5.23. The van der Waals surface area contributed by atoms with E-state index in [9.17, 15) is 0 Å². The van der Waals surface area contributed by atoms with E-state index in [2.05, 4.69) is 37.5 Å². The van der Waals surface area contributed by atoms with Crippen molar-refractivity contribution in [3.05, 3.63) is 29.2 Å². The van der Waals surface area contributed by atoms with E-state index >= 15 is 0 Å². The van der Waals surface area contributed by atoms with E-state index in [0.717, 1.165) is 68.7 Å². The Morgan fingerprint density at radius 2 is 2.20 bits per heavy atom. The van der Waals surface area contributed by atoms with E-state index in [4.69, 9.17) is 9.52 Å². The number of aliphatic imine (C=N–C) groups is 1. The van der Waals surface area contributed by atoms with Crippen LogP contribution < -0.4 is 5.32 Å². The van der Waals surface area contributed by atoms with Crippen molar-refractivity contribution in [1.29, 1.82) is 0 Å². The van der Waals surface area contributed by atoms with E-state index < -0.39 is 0 Å². The topological polar surface area (TPSA) is 95.2 Å². The van der Waals surface area contributed by atoms with Crippen LogP contribution in [0.2, 0.25) is 0 Å². The number of hydrogen-bond acceptors (Lipinski definition) is 5. The average molecular weight is 345 g/mol. The largest absolute Gasteiger partial charge is 0.361 e. The zero-order valence-electron chi connectivity index (χ0n) is 15.2. The third-order valence-corrected chi connectivity index (χ3v) is 4.75. The minimum atomic E-state index is 0.462. The molecule has 8 nitrogen and oxygen atoms in total. The quantitative estimate of drug-likeness (QED) is 0.634. The Hall–Kier alpha value is -2.38. The van der Waals surface area contributed by atoms with Crippen molar-refractivity contribution < 1.29 is 4.52 Å². The van der Waals surface area contributed by atoms with Crippen molar-refractivity contribution in [2.45, 2.75) is 46.0 Å². The van der Waals surface area contributed by atoms with Gasteiger partial charge in [-0.3, -0.25) is 10.1 Å². The first-order chi connectivity index (χ1) is 12.2. The van der Waals surface area contributed by atoms with Gasteiger partial charge in [0.15, 0.2) is 5.96 Å². The number of nitrogens with one attached hydrogen (secondary N) is 2. The zero-order chi connectivity index (χ0) is 17.6. The number of aryl methyl sites for hydroxylation is 2. The van der Waals surface area contributed by atoms with Crippen molar-refractivity contribution in [1.82, 2.24) is 30.6 Å². The minimum absolute atomic E-state index is 0.462. The van der Waals surface area contributed by atoms with Gasteiger partial charge in [0.25, 0.3) is 0 Å². The van der Waals surface area contributed by atoms with Gasteiger partial charge in [-0.25, -0.2) is 4.98 Å². The lowest BCUT2D eigenvalue weighted by Gasteiger charge is -2.33. The van der Waals surface area contributed by atoms with Crippen LogP contribution in [-0.4, -0.2) is 57.4 Å². The maximum Gasteiger partial charge on any atom is 0.193 e. The van der Waals surface area contributed by atoms with Crippen LogP contribution in [0.5, 0.6) is 0 Å². The Kier molecular flexibility index (Phi) is 5.67. The van der Waals surface area contributed by atoms with Crippen molar-refractivity contribution in [2.24, 2.45) is 4.99 Å². The van der Waals surface area contributed by atoms with Crippen LogP contribution in [0.4, 0.5) is 0 Å². The molecule has 0 atom stereocenters. The smallest absolute Gasteiger partial charge is 0.193 e. The number of likely N-dealkylation sites (tertiary alicyclic amines) is 1. The fourth-order valence-corrected chi connectivity index (χ4v) is 3.33. The van der Waals surface area contributed by atoms with Gasteiger partial charge in [0.05, 0.1) is 5.69 Å². The van der Waals surface area contributed by atoms with Gasteiger partial charge in [-0.1, -0.05) is 5.16 Å². The molecule has 2 aromatic rings. The van der Waals surface area contributed by atoms with Crippen LogP contribution in [0.15, 0.2) is 15.8 Å². The molecule has 0 saturated carbocycles. The second-order valence-electron chi connectivity index (χ2n) is 6.42. The monoisotopic (exact) mass is 345 g/mol. The van der Waals surface area contributed by atoms with Gasteiger partial charge >= 0.3 is 0 Å². The van der Waals surface area contributed by atoms with E-state index in [1.807, 2.05) is 13.8 Å². The molecule has 1 saturated heterocycles. The maximum absolute atomic E-state index is 5.23. The summed E-state index contributed by atoms with van der Waals surface area (Å²) in [5.74, 6) is 3.35. The summed E-state index contributed by atoms with van der Waals surface area (Å²) in [6.45, 7) is 9.59. The number of aromatic amines is 1. The summed E-state index contributed by atoms with van der Waals surface area (Å²) >= 11 is 0. The molecule has 3 heterocycles. The van der Waals surface area contributed by atoms with Gasteiger partial charge in [0.1, 0.15) is 17.9 Å². The summed E-state index contributed by atoms with van der Waals surface area (Å²) in [7, 11) is 0. The zero-order valence-corrected chi connectivity index (χ0v) is 15.2. The lowest BCUT2D eigenvalue weighted by atomic mass is 9.96. The van der Waals surface area contributed by atoms with E-state index in [-0.39, 0.29) is 0 Å². The van der Waals surface area contributed by atoms with Crippen LogP contribution in [0.1, 0.15) is 48.5 Å². The molecular formula is C17H27N7O. The van der Waals surface area contributed by atoms with Crippen LogP contribution in [0.25, 0.3) is 0 Å². The minimum Gasteiger partial charge on any atom is -0.361 e. The Balaban J connectivity index is 1.57. The molecule has 1 aliphatic heterocycles. The number of nitrogens with zero attached hydrogens (tertiary/aromatic N) is 5. The fourth-order valence-electron chi connectivity index (χ4n) is 3.33. The Morgan fingerprint density at radius 3 is 2.80 bits per heavy atom. The molecule has 0 radical (unpaired) electrons. The predicted molar refractivity (Wildman–Crippen MR) is 95.6 cm³/mol. The highest BCUT2D eigenvalue weighted by atomic mass is 16.5. The SMILES string of the molecule is CCNC(=NCCc1c(C)noc1C)N1CCC(c2ncn[nH]2)CC1. The number of piperidine rings is 1. The first kappa shape index (κ1) is 17.4. The number of rotatable bonds is 5. The second-order valence-corrected chi connectivity index (χ2v) is 6.42. The molecule has 8 heteroatoms. The van der Waals surface area contributed by atoms with Crippen LogP contribution >= 0.6 is 0 Å². The van der Waals surface area contributed by atoms with Crippen molar-refractivity contribution in [2.75, 3.05) is 26.2 Å². The average Bonchev–Trinajstić information content (AvgIpc) is 3.26. The van der Waals surface area contributed by atoms with Gasteiger partial charge in [0.2, 0.25) is 0 Å². The number of guanidine groups is 1. The van der Waals surface area contributed by atoms with E-state index in [1.165, 1.54) is 5.56 Å². The van der Waals surface area contributed by atoms with E-state index in [1.54, 1.807) is 6.33 Å². The summed E-state index contributed by atoms with van der Waals surface area (Å²) in [4.78, 5) is 11.4. The highest BCUT2D eigenvalue weighted by molar-refractivity contribution is 5.80. The second kappa shape index (κ2) is 8.13. The summed E-state index contributed by atoms with van der Waals surface area (Å²) in [6, 6.07) is 0. The van der Waals surface area contributed by atoms with Crippen LogP contribution in [-0.2, 0) is 6.42 Å². The van der Waals surface area contributed by atoms with Crippen molar-refractivity contribution in [3.8, 4) is 0 Å². The highest BCUT2D eigenvalue weighted by Crippen LogP contribution is 2.25. The maximum atomic E-state index is 5.23. The van der Waals surface area contributed by atoms with E-state index in [0.29, 0.717) is 5.92 Å². The third kappa shape index (κ3) is 4.18. The number of hydrogen-bond donors (Lipinski definition) is 2. The molecule has 1 fully saturated rings. The summed E-state index contributed by atoms with van der Waals surface area (Å²) in [5.41, 5.74) is 2.13. The Morgan fingerprint density at radius 1 is 1.40 bits per heavy atom. The van der Waals surface area contributed by atoms with Crippen LogP contribution in [0, 0.1) is 13.8 Å². The van der Waals surface area contributed by atoms with Gasteiger partial charge in [-0.05, 0) is 40.0 Å². The van der Waals surface area contributed by atoms with Gasteiger partial charge in [-0.2, -0.15) is 5.10 Å². The molecule has 0 aromatic carbocycles. The van der Waals surface area contributed by atoms with Gasteiger partial charge < -0.3 is 14.7 Å². The van der Waals surface area contributed by atoms with Crippen molar-refractivity contribution in [3.63, 3.8) is 0 Å². The number of aromatic nitrogens is 4. The summed E-state index contributed by atoms with van der Waals surface area (Å²) in [5, 5.41) is 14.4. The lowest BCUT2D eigenvalue weighted by molar-refractivity contribution is 0.299. The first-order valence-electron chi connectivity index (χ1n) is 8.99. The normalized spacial score (nSPS) is 16.4. The summed E-state index contributed by atoms with van der Waals surface area (Å²) in [6.07, 6.45) is 4.56. The Bertz CT molecular complexity index is 664. The molecule has 3 rings (SSSR count). The molecule has 25 heavy (non-hydrogen) atoms. The fraction of sp³-hybridized carbons (Fsp3) is 0.647. The molecule has 0 unspecified atom stereocenters. The Labute approximate surface area is 148 Å². The lowest BCUT2D eigenvalue weighted by Crippen LogP contribution is -2.45. The highest BCUT2D eigenvalue weighted by Gasteiger charge is 2.24. The van der Waals surface area contributed by atoms with Crippen LogP contribution in [0.3, 0.4) is 0 Å². The van der Waals surface area contributed by atoms with Gasteiger partial charge in [-0.15, -0.1) is 0 Å². The molecular weight excluding hydrogens is 318 g/mol. The molecule has 0 amide bonds. The third-order valence-electron chi connectivity index (χ3n) is 4.75. The number of H-pyrrole nitrogens is 1. The predicted octanol–water partition coefficient (Wildman–Crippen LogP) is 1.80. The molecule has 136 valence electrons. The standard InChI is InChI=1S/C17H27N7O/c1-4-18-17(19-8-5-15-12(2)23-25-13(15)3)24-9-6-14(7-10-24)16-20-11-21-22-16/h11,14H,4-10H2,1-3H3,(H,18,19)(H,20,21,22). The molecule has 1 aliphatic rings.